The molecule has 0 heterocycles. The molecular formula is C13H24N2O5. The van der Waals surface area contributed by atoms with Crippen molar-refractivity contribution in [1.82, 2.24) is 10.6 Å². The summed E-state index contributed by atoms with van der Waals surface area (Å²) in [6, 6.07) is -0.580. The maximum Gasteiger partial charge on any atom is 0.321 e. The third-order valence-electron chi connectivity index (χ3n) is 2.58. The van der Waals surface area contributed by atoms with Crippen molar-refractivity contribution in [1.29, 1.82) is 0 Å². The fourth-order valence-electron chi connectivity index (χ4n) is 1.73. The van der Waals surface area contributed by atoms with Crippen LogP contribution < -0.4 is 10.6 Å². The molecule has 0 aromatic heterocycles. The minimum absolute atomic E-state index is 0.0274. The van der Waals surface area contributed by atoms with E-state index >= 15 is 0 Å². The lowest BCUT2D eigenvalue weighted by atomic mass is 9.85. The zero-order valence-electron chi connectivity index (χ0n) is 12.5. The van der Waals surface area contributed by atoms with Crippen LogP contribution >= 0.6 is 0 Å². The molecule has 20 heavy (non-hydrogen) atoms. The Bertz CT molecular complexity index is 355. The molecule has 0 rings (SSSR count). The van der Waals surface area contributed by atoms with Crippen molar-refractivity contribution in [2.24, 2.45) is 11.3 Å². The summed E-state index contributed by atoms with van der Waals surface area (Å²) >= 11 is 0. The number of carboxylic acids is 1. The lowest BCUT2D eigenvalue weighted by Crippen LogP contribution is -2.42. The fourth-order valence-corrected chi connectivity index (χ4v) is 1.73. The second-order valence-corrected chi connectivity index (χ2v) is 5.73. The van der Waals surface area contributed by atoms with Crippen molar-refractivity contribution in [2.45, 2.75) is 33.6 Å². The van der Waals surface area contributed by atoms with Crippen LogP contribution in [-0.4, -0.2) is 43.3 Å². The zero-order chi connectivity index (χ0) is 15.8. The summed E-state index contributed by atoms with van der Waals surface area (Å²) in [6.07, 6.45) is -0.159. The van der Waals surface area contributed by atoms with Crippen LogP contribution in [0.25, 0.3) is 0 Å². The second kappa shape index (κ2) is 8.52. The van der Waals surface area contributed by atoms with Gasteiger partial charge in [0.05, 0.1) is 13.0 Å². The number of carbonyl (C=O) groups is 3. The molecule has 0 spiro atoms. The van der Waals surface area contributed by atoms with E-state index < -0.39 is 23.3 Å². The zero-order valence-corrected chi connectivity index (χ0v) is 12.5. The second-order valence-electron chi connectivity index (χ2n) is 5.73. The van der Waals surface area contributed by atoms with Crippen LogP contribution in [0.5, 0.6) is 0 Å². The van der Waals surface area contributed by atoms with Gasteiger partial charge < -0.3 is 15.2 Å². The summed E-state index contributed by atoms with van der Waals surface area (Å²) in [5.41, 5.74) is -0.695. The number of rotatable bonds is 8. The summed E-state index contributed by atoms with van der Waals surface area (Å²) in [5, 5.41) is 13.5. The number of carbonyl (C=O) groups excluding carboxylic acids is 2. The normalized spacial score (nSPS) is 12.6. The first-order valence-electron chi connectivity index (χ1n) is 6.44. The van der Waals surface area contributed by atoms with E-state index in [1.165, 1.54) is 0 Å². The molecule has 0 aliphatic rings. The summed E-state index contributed by atoms with van der Waals surface area (Å²) < 4.78 is 4.93. The van der Waals surface area contributed by atoms with Gasteiger partial charge in [-0.05, 0) is 11.3 Å². The van der Waals surface area contributed by atoms with Crippen molar-refractivity contribution in [3.63, 3.8) is 0 Å². The highest BCUT2D eigenvalue weighted by Gasteiger charge is 2.25. The van der Waals surface area contributed by atoms with Gasteiger partial charge in [0, 0.05) is 20.1 Å². The van der Waals surface area contributed by atoms with Crippen LogP contribution in [0.1, 0.15) is 33.6 Å². The standard InChI is InChI=1S/C13H24N2O5/c1-9(8-20-4)7-14-12(19)15-10(16)5-13(2,3)6-11(17)18/h9H,5-8H2,1-4H3,(H,17,18)(H2,14,15,16,19). The molecule has 0 saturated carbocycles. The van der Waals surface area contributed by atoms with Crippen LogP contribution in [0.4, 0.5) is 4.79 Å². The first kappa shape index (κ1) is 18.4. The minimum atomic E-state index is -0.972. The van der Waals surface area contributed by atoms with Gasteiger partial charge in [-0.3, -0.25) is 14.9 Å². The number of ether oxygens (including phenoxy) is 1. The average Bonchev–Trinajstić information content (AvgIpc) is 2.23. The Labute approximate surface area is 119 Å². The number of imide groups is 1. The van der Waals surface area contributed by atoms with E-state index in [1.807, 2.05) is 6.92 Å². The molecule has 7 nitrogen and oxygen atoms in total. The van der Waals surface area contributed by atoms with Crippen molar-refractivity contribution in [2.75, 3.05) is 20.3 Å². The largest absolute Gasteiger partial charge is 0.481 e. The molecule has 0 saturated heterocycles. The summed E-state index contributed by atoms with van der Waals surface area (Å²) in [7, 11) is 1.57. The fraction of sp³-hybridized carbons (Fsp3) is 0.769. The maximum absolute atomic E-state index is 11.6. The minimum Gasteiger partial charge on any atom is -0.481 e. The van der Waals surface area contributed by atoms with Crippen molar-refractivity contribution in [3.05, 3.63) is 0 Å². The molecule has 0 aliphatic carbocycles. The number of carboxylic acid groups (broad SMARTS) is 1. The van der Waals surface area contributed by atoms with E-state index in [0.29, 0.717) is 13.2 Å². The third-order valence-corrected chi connectivity index (χ3v) is 2.58. The lowest BCUT2D eigenvalue weighted by molar-refractivity contribution is -0.139. The summed E-state index contributed by atoms with van der Waals surface area (Å²) in [5.74, 6) is -1.32. The van der Waals surface area contributed by atoms with E-state index in [-0.39, 0.29) is 18.8 Å². The van der Waals surface area contributed by atoms with Gasteiger partial charge in [0.1, 0.15) is 0 Å². The van der Waals surface area contributed by atoms with Gasteiger partial charge in [-0.15, -0.1) is 0 Å². The van der Waals surface area contributed by atoms with E-state index in [1.54, 1.807) is 21.0 Å². The Hall–Kier alpha value is -1.63. The Morgan fingerprint density at radius 2 is 1.85 bits per heavy atom. The molecule has 0 aromatic carbocycles. The Morgan fingerprint density at radius 1 is 1.25 bits per heavy atom. The summed E-state index contributed by atoms with van der Waals surface area (Å²) in [4.78, 5) is 33.7. The highest BCUT2D eigenvalue weighted by atomic mass is 16.5. The predicted molar refractivity (Wildman–Crippen MR) is 73.2 cm³/mol. The highest BCUT2D eigenvalue weighted by molar-refractivity contribution is 5.94. The predicted octanol–water partition coefficient (Wildman–Crippen LogP) is 0.986. The molecule has 7 heteroatoms. The van der Waals surface area contributed by atoms with E-state index in [2.05, 4.69) is 10.6 Å². The summed E-state index contributed by atoms with van der Waals surface area (Å²) in [6.45, 7) is 6.14. The van der Waals surface area contributed by atoms with Crippen LogP contribution in [0, 0.1) is 11.3 Å². The quantitative estimate of drug-likeness (QED) is 0.617. The smallest absolute Gasteiger partial charge is 0.321 e. The van der Waals surface area contributed by atoms with Gasteiger partial charge in [-0.2, -0.15) is 0 Å². The molecule has 1 atom stereocenters. The van der Waals surface area contributed by atoms with Gasteiger partial charge >= 0.3 is 12.0 Å². The SMILES string of the molecule is COCC(C)CNC(=O)NC(=O)CC(C)(C)CC(=O)O. The van der Waals surface area contributed by atoms with Gasteiger partial charge in [0.2, 0.25) is 5.91 Å². The topological polar surface area (TPSA) is 105 Å². The molecule has 116 valence electrons. The van der Waals surface area contributed by atoms with Crippen LogP contribution in [-0.2, 0) is 14.3 Å². The number of urea groups is 1. The number of amides is 3. The Balaban J connectivity index is 4.07. The molecular weight excluding hydrogens is 264 g/mol. The first-order valence-corrected chi connectivity index (χ1v) is 6.44. The monoisotopic (exact) mass is 288 g/mol. The average molecular weight is 288 g/mol. The van der Waals surface area contributed by atoms with Crippen molar-refractivity contribution >= 4 is 17.9 Å². The number of hydrogen-bond acceptors (Lipinski definition) is 4. The number of nitrogens with one attached hydrogen (secondary N) is 2. The number of hydrogen-bond donors (Lipinski definition) is 3. The van der Waals surface area contributed by atoms with E-state index in [0.717, 1.165) is 0 Å². The first-order chi connectivity index (χ1) is 9.16. The lowest BCUT2D eigenvalue weighted by Gasteiger charge is -2.21. The maximum atomic E-state index is 11.6. The molecule has 3 N–H and O–H groups in total. The van der Waals surface area contributed by atoms with Crippen LogP contribution in [0.3, 0.4) is 0 Å². The van der Waals surface area contributed by atoms with Gasteiger partial charge in [-0.25, -0.2) is 4.79 Å². The van der Waals surface area contributed by atoms with Gasteiger partial charge in [0.25, 0.3) is 0 Å². The Morgan fingerprint density at radius 3 is 2.35 bits per heavy atom. The van der Waals surface area contributed by atoms with Gasteiger partial charge in [0.15, 0.2) is 0 Å². The molecule has 1 unspecified atom stereocenters. The van der Waals surface area contributed by atoms with E-state index in [4.69, 9.17) is 9.84 Å². The van der Waals surface area contributed by atoms with Crippen molar-refractivity contribution in [3.8, 4) is 0 Å². The van der Waals surface area contributed by atoms with Crippen molar-refractivity contribution < 1.29 is 24.2 Å². The highest BCUT2D eigenvalue weighted by Crippen LogP contribution is 2.24. The van der Waals surface area contributed by atoms with E-state index in [9.17, 15) is 14.4 Å². The van der Waals surface area contributed by atoms with Crippen LogP contribution in [0.2, 0.25) is 0 Å². The molecule has 3 amide bonds. The molecule has 0 aromatic rings. The molecule has 0 radical (unpaired) electrons. The number of methoxy groups -OCH3 is 1. The molecule has 0 aliphatic heterocycles. The number of aliphatic carboxylic acids is 1. The third kappa shape index (κ3) is 9.32. The molecule has 0 fully saturated rings. The Kier molecular flexibility index (Phi) is 7.83. The van der Waals surface area contributed by atoms with Gasteiger partial charge in [-0.1, -0.05) is 20.8 Å². The molecule has 0 bridgehead atoms. The van der Waals surface area contributed by atoms with Crippen LogP contribution in [0.15, 0.2) is 0 Å².